The van der Waals surface area contributed by atoms with E-state index in [0.717, 1.165) is 31.4 Å². The summed E-state index contributed by atoms with van der Waals surface area (Å²) in [6.07, 6.45) is 8.03. The molecule has 23 heavy (non-hydrogen) atoms. The molecule has 0 saturated carbocycles. The number of hydrogen-bond donors (Lipinski definition) is 2. The van der Waals surface area contributed by atoms with E-state index in [1.165, 1.54) is 6.07 Å². The molecule has 2 N–H and O–H groups in total. The molecule has 0 unspecified atom stereocenters. The molecular formula is C17H20N4O2. The fourth-order valence-electron chi connectivity index (χ4n) is 2.90. The normalized spacial score (nSPS) is 18.5. The molecule has 0 radical (unpaired) electrons. The molecule has 0 aromatic carbocycles. The Balaban J connectivity index is 1.70. The Morgan fingerprint density at radius 2 is 2.17 bits per heavy atom. The average molecular weight is 312 g/mol. The molecule has 2 aromatic heterocycles. The van der Waals surface area contributed by atoms with Gasteiger partial charge in [0.15, 0.2) is 11.6 Å². The standard InChI is InChI=1S/C17H20N4O2/c22-15-7-4-9-19-16(15)20-17(23)14-6-1-2-10-21(14)12-13-5-3-8-18-11-13/h3-5,7-9,11,14,22H,1-2,6,10,12H2,(H,19,20,23)/t14-/m1/s1. The summed E-state index contributed by atoms with van der Waals surface area (Å²) in [4.78, 5) is 22.9. The third kappa shape index (κ3) is 3.84. The zero-order valence-corrected chi connectivity index (χ0v) is 12.9. The molecule has 120 valence electrons. The fraction of sp³-hybridized carbons (Fsp3) is 0.353. The lowest BCUT2D eigenvalue weighted by atomic mass is 10.0. The second-order valence-electron chi connectivity index (χ2n) is 5.70. The minimum atomic E-state index is -0.217. The lowest BCUT2D eigenvalue weighted by molar-refractivity contribution is -0.122. The van der Waals surface area contributed by atoms with E-state index in [9.17, 15) is 9.90 Å². The summed E-state index contributed by atoms with van der Waals surface area (Å²) >= 11 is 0. The summed E-state index contributed by atoms with van der Waals surface area (Å²) in [7, 11) is 0. The number of pyridine rings is 2. The number of piperidine rings is 1. The van der Waals surface area contributed by atoms with Gasteiger partial charge in [-0.25, -0.2) is 4.98 Å². The van der Waals surface area contributed by atoms with Crippen LogP contribution in [0.2, 0.25) is 0 Å². The number of aromatic hydroxyl groups is 1. The van der Waals surface area contributed by atoms with E-state index < -0.39 is 0 Å². The number of nitrogens with one attached hydrogen (secondary N) is 1. The van der Waals surface area contributed by atoms with Crippen LogP contribution in [0, 0.1) is 0 Å². The number of rotatable bonds is 4. The third-order valence-electron chi connectivity index (χ3n) is 4.05. The van der Waals surface area contributed by atoms with Crippen LogP contribution in [0.25, 0.3) is 0 Å². The van der Waals surface area contributed by atoms with Gasteiger partial charge >= 0.3 is 0 Å². The Morgan fingerprint density at radius 1 is 1.30 bits per heavy atom. The Hall–Kier alpha value is -2.47. The van der Waals surface area contributed by atoms with Gasteiger partial charge < -0.3 is 10.4 Å². The topological polar surface area (TPSA) is 78.3 Å². The van der Waals surface area contributed by atoms with Crippen molar-refractivity contribution in [1.29, 1.82) is 0 Å². The first-order chi connectivity index (χ1) is 11.2. The molecule has 3 rings (SSSR count). The highest BCUT2D eigenvalue weighted by molar-refractivity contribution is 5.95. The van der Waals surface area contributed by atoms with Gasteiger partial charge in [0.2, 0.25) is 5.91 Å². The Labute approximate surface area is 135 Å². The van der Waals surface area contributed by atoms with Crippen LogP contribution >= 0.6 is 0 Å². The molecule has 0 spiro atoms. The largest absolute Gasteiger partial charge is 0.504 e. The van der Waals surface area contributed by atoms with Gasteiger partial charge in [-0.3, -0.25) is 14.7 Å². The summed E-state index contributed by atoms with van der Waals surface area (Å²) in [6.45, 7) is 1.57. The molecule has 1 fully saturated rings. The van der Waals surface area contributed by atoms with Crippen molar-refractivity contribution in [2.75, 3.05) is 11.9 Å². The molecule has 6 heteroatoms. The summed E-state index contributed by atoms with van der Waals surface area (Å²) in [5.74, 6) is 0.0717. The van der Waals surface area contributed by atoms with E-state index in [0.29, 0.717) is 6.54 Å². The van der Waals surface area contributed by atoms with E-state index in [1.54, 1.807) is 18.5 Å². The number of amides is 1. The van der Waals surface area contributed by atoms with Gasteiger partial charge in [0.05, 0.1) is 6.04 Å². The average Bonchev–Trinajstić information content (AvgIpc) is 2.58. The molecule has 1 amide bonds. The minimum absolute atomic E-state index is 0.0181. The fourth-order valence-corrected chi connectivity index (χ4v) is 2.90. The maximum absolute atomic E-state index is 12.6. The van der Waals surface area contributed by atoms with Gasteiger partial charge in [-0.2, -0.15) is 0 Å². The summed E-state index contributed by atoms with van der Waals surface area (Å²) < 4.78 is 0. The highest BCUT2D eigenvalue weighted by Crippen LogP contribution is 2.23. The molecule has 0 bridgehead atoms. The predicted molar refractivity (Wildman–Crippen MR) is 86.8 cm³/mol. The molecule has 1 atom stereocenters. The monoisotopic (exact) mass is 312 g/mol. The minimum Gasteiger partial charge on any atom is -0.504 e. The van der Waals surface area contributed by atoms with Crippen LogP contribution in [-0.4, -0.2) is 38.5 Å². The second-order valence-corrected chi connectivity index (χ2v) is 5.70. The number of hydrogen-bond acceptors (Lipinski definition) is 5. The van der Waals surface area contributed by atoms with Crippen molar-refractivity contribution in [3.63, 3.8) is 0 Å². The Bertz CT molecular complexity index is 663. The molecule has 0 aliphatic carbocycles. The molecule has 3 heterocycles. The molecule has 1 saturated heterocycles. The van der Waals surface area contributed by atoms with Crippen LogP contribution in [0.4, 0.5) is 5.82 Å². The lowest BCUT2D eigenvalue weighted by Gasteiger charge is -2.34. The second kappa shape index (κ2) is 7.19. The molecule has 1 aliphatic heterocycles. The van der Waals surface area contributed by atoms with Crippen LogP contribution in [0.1, 0.15) is 24.8 Å². The lowest BCUT2D eigenvalue weighted by Crippen LogP contribution is -2.46. The van der Waals surface area contributed by atoms with E-state index >= 15 is 0 Å². The number of likely N-dealkylation sites (tertiary alicyclic amines) is 1. The van der Waals surface area contributed by atoms with E-state index in [4.69, 9.17) is 0 Å². The van der Waals surface area contributed by atoms with Crippen LogP contribution in [-0.2, 0) is 11.3 Å². The van der Waals surface area contributed by atoms with Crippen molar-refractivity contribution in [1.82, 2.24) is 14.9 Å². The third-order valence-corrected chi connectivity index (χ3v) is 4.05. The van der Waals surface area contributed by atoms with E-state index in [-0.39, 0.29) is 23.5 Å². The van der Waals surface area contributed by atoms with Crippen molar-refractivity contribution in [3.05, 3.63) is 48.4 Å². The Morgan fingerprint density at radius 3 is 2.96 bits per heavy atom. The van der Waals surface area contributed by atoms with Gasteiger partial charge in [0.1, 0.15) is 0 Å². The first-order valence-corrected chi connectivity index (χ1v) is 7.82. The number of carbonyl (C=O) groups is 1. The smallest absolute Gasteiger partial charge is 0.242 e. The Kier molecular flexibility index (Phi) is 4.83. The SMILES string of the molecule is O=C(Nc1ncccc1O)[C@H]1CCCCN1Cc1cccnc1. The maximum atomic E-state index is 12.6. The van der Waals surface area contributed by atoms with Crippen molar-refractivity contribution >= 4 is 11.7 Å². The molecule has 2 aromatic rings. The number of carbonyl (C=O) groups excluding carboxylic acids is 1. The van der Waals surface area contributed by atoms with Gasteiger partial charge in [-0.1, -0.05) is 12.5 Å². The highest BCUT2D eigenvalue weighted by atomic mass is 16.3. The van der Waals surface area contributed by atoms with Crippen LogP contribution in [0.3, 0.4) is 0 Å². The van der Waals surface area contributed by atoms with Crippen molar-refractivity contribution < 1.29 is 9.90 Å². The van der Waals surface area contributed by atoms with Crippen LogP contribution in [0.5, 0.6) is 5.75 Å². The van der Waals surface area contributed by atoms with Crippen molar-refractivity contribution in [3.8, 4) is 5.75 Å². The number of aromatic nitrogens is 2. The highest BCUT2D eigenvalue weighted by Gasteiger charge is 2.29. The molecule has 6 nitrogen and oxygen atoms in total. The van der Waals surface area contributed by atoms with Gasteiger partial charge in [0, 0.05) is 25.1 Å². The van der Waals surface area contributed by atoms with Crippen LogP contribution < -0.4 is 5.32 Å². The maximum Gasteiger partial charge on any atom is 0.242 e. The number of nitrogens with zero attached hydrogens (tertiary/aromatic N) is 3. The zero-order chi connectivity index (χ0) is 16.1. The van der Waals surface area contributed by atoms with Gasteiger partial charge in [0.25, 0.3) is 0 Å². The van der Waals surface area contributed by atoms with Gasteiger partial charge in [-0.05, 0) is 43.1 Å². The van der Waals surface area contributed by atoms with Crippen molar-refractivity contribution in [2.45, 2.75) is 31.8 Å². The first-order valence-electron chi connectivity index (χ1n) is 7.82. The molecular weight excluding hydrogens is 292 g/mol. The number of anilines is 1. The van der Waals surface area contributed by atoms with E-state index in [2.05, 4.69) is 20.2 Å². The van der Waals surface area contributed by atoms with Gasteiger partial charge in [-0.15, -0.1) is 0 Å². The molecule has 1 aliphatic rings. The summed E-state index contributed by atoms with van der Waals surface area (Å²) in [5, 5.41) is 12.5. The summed E-state index contributed by atoms with van der Waals surface area (Å²) in [6, 6.07) is 6.84. The van der Waals surface area contributed by atoms with Crippen LogP contribution in [0.15, 0.2) is 42.9 Å². The zero-order valence-electron chi connectivity index (χ0n) is 12.9. The van der Waals surface area contributed by atoms with E-state index in [1.807, 2.05) is 18.3 Å². The predicted octanol–water partition coefficient (Wildman–Crippen LogP) is 2.18. The quantitative estimate of drug-likeness (QED) is 0.904. The first kappa shape index (κ1) is 15.4. The summed E-state index contributed by atoms with van der Waals surface area (Å²) in [5.41, 5.74) is 1.09. The van der Waals surface area contributed by atoms with Crippen molar-refractivity contribution in [2.24, 2.45) is 0 Å².